The Morgan fingerprint density at radius 3 is 2.65 bits per heavy atom. The van der Waals surface area contributed by atoms with Gasteiger partial charge >= 0.3 is 0 Å². The third kappa shape index (κ3) is 3.08. The number of nitrogens with one attached hydrogen (secondary N) is 1. The summed E-state index contributed by atoms with van der Waals surface area (Å²) in [6, 6.07) is 11.6. The van der Waals surface area contributed by atoms with E-state index >= 15 is 0 Å². The zero-order valence-corrected chi connectivity index (χ0v) is 12.2. The van der Waals surface area contributed by atoms with Crippen LogP contribution in [-0.4, -0.2) is 17.9 Å². The molecule has 0 bridgehead atoms. The van der Waals surface area contributed by atoms with Gasteiger partial charge in [-0.25, -0.2) is 4.98 Å². The standard InChI is InChI=1S/C15H17ClN4/c1-10(11-4-3-5-13(16)8-11)20(2)14-7-6-12(9-19-14)15(17)18/h3-10H,1-2H3,(H3,17,18). The molecule has 1 atom stereocenters. The summed E-state index contributed by atoms with van der Waals surface area (Å²) < 4.78 is 0. The van der Waals surface area contributed by atoms with Crippen LogP contribution < -0.4 is 10.6 Å². The number of nitrogens with zero attached hydrogens (tertiary/aromatic N) is 2. The highest BCUT2D eigenvalue weighted by atomic mass is 35.5. The Balaban J connectivity index is 2.22. The highest BCUT2D eigenvalue weighted by Crippen LogP contribution is 2.25. The van der Waals surface area contributed by atoms with Gasteiger partial charge in [-0.05, 0) is 36.8 Å². The number of hydrogen-bond donors (Lipinski definition) is 2. The molecule has 0 amide bonds. The fourth-order valence-corrected chi connectivity index (χ4v) is 2.14. The number of nitrogens with two attached hydrogens (primary N) is 1. The summed E-state index contributed by atoms with van der Waals surface area (Å²) in [5.74, 6) is 0.845. The summed E-state index contributed by atoms with van der Waals surface area (Å²) in [4.78, 5) is 6.39. The molecule has 104 valence electrons. The van der Waals surface area contributed by atoms with Crippen molar-refractivity contribution in [2.24, 2.45) is 5.73 Å². The van der Waals surface area contributed by atoms with E-state index in [1.165, 1.54) is 0 Å². The van der Waals surface area contributed by atoms with Crippen molar-refractivity contribution in [2.75, 3.05) is 11.9 Å². The fourth-order valence-electron chi connectivity index (χ4n) is 1.94. The van der Waals surface area contributed by atoms with E-state index in [-0.39, 0.29) is 11.9 Å². The monoisotopic (exact) mass is 288 g/mol. The molecule has 20 heavy (non-hydrogen) atoms. The van der Waals surface area contributed by atoms with E-state index in [0.29, 0.717) is 5.56 Å². The Bertz CT molecular complexity index is 610. The Morgan fingerprint density at radius 2 is 2.10 bits per heavy atom. The molecule has 2 aromatic rings. The van der Waals surface area contributed by atoms with Gasteiger partial charge in [-0.3, -0.25) is 5.41 Å². The normalized spacial score (nSPS) is 11.9. The molecule has 0 saturated heterocycles. The highest BCUT2D eigenvalue weighted by Gasteiger charge is 2.13. The first kappa shape index (κ1) is 14.3. The molecule has 0 aliphatic heterocycles. The van der Waals surface area contributed by atoms with E-state index in [1.54, 1.807) is 12.3 Å². The van der Waals surface area contributed by atoms with Crippen molar-refractivity contribution in [2.45, 2.75) is 13.0 Å². The van der Waals surface area contributed by atoms with Crippen LogP contribution in [0, 0.1) is 5.41 Å². The number of nitrogen functional groups attached to an aromatic ring is 1. The molecule has 1 aromatic carbocycles. The van der Waals surface area contributed by atoms with Crippen molar-refractivity contribution in [3.8, 4) is 0 Å². The van der Waals surface area contributed by atoms with E-state index in [2.05, 4.69) is 16.8 Å². The molecule has 2 rings (SSSR count). The second kappa shape index (κ2) is 5.92. The van der Waals surface area contributed by atoms with Crippen LogP contribution in [0.1, 0.15) is 24.1 Å². The van der Waals surface area contributed by atoms with Crippen LogP contribution in [0.4, 0.5) is 5.82 Å². The molecule has 0 radical (unpaired) electrons. The van der Waals surface area contributed by atoms with Crippen LogP contribution >= 0.6 is 11.6 Å². The lowest BCUT2D eigenvalue weighted by Gasteiger charge is -2.26. The third-order valence-electron chi connectivity index (χ3n) is 3.33. The largest absolute Gasteiger partial charge is 0.384 e. The molecular formula is C15H17ClN4. The molecule has 3 N–H and O–H groups in total. The van der Waals surface area contributed by atoms with Crippen LogP contribution in [-0.2, 0) is 0 Å². The summed E-state index contributed by atoms with van der Waals surface area (Å²) in [7, 11) is 1.97. The maximum atomic E-state index is 7.37. The van der Waals surface area contributed by atoms with Gasteiger partial charge < -0.3 is 10.6 Å². The second-order valence-electron chi connectivity index (χ2n) is 4.66. The molecule has 1 unspecified atom stereocenters. The van der Waals surface area contributed by atoms with Crippen molar-refractivity contribution in [1.29, 1.82) is 5.41 Å². The van der Waals surface area contributed by atoms with Gasteiger partial charge in [-0.2, -0.15) is 0 Å². The Morgan fingerprint density at radius 1 is 1.35 bits per heavy atom. The minimum Gasteiger partial charge on any atom is -0.384 e. The number of anilines is 1. The predicted octanol–water partition coefficient (Wildman–Crippen LogP) is 3.22. The van der Waals surface area contributed by atoms with Gasteiger partial charge in [0.05, 0.1) is 6.04 Å². The van der Waals surface area contributed by atoms with Crippen molar-refractivity contribution in [3.63, 3.8) is 0 Å². The first-order valence-electron chi connectivity index (χ1n) is 6.28. The van der Waals surface area contributed by atoms with Gasteiger partial charge in [-0.1, -0.05) is 23.7 Å². The molecule has 0 aliphatic rings. The number of hydrogen-bond acceptors (Lipinski definition) is 3. The molecule has 5 heteroatoms. The lowest BCUT2D eigenvalue weighted by atomic mass is 10.1. The first-order chi connectivity index (χ1) is 9.49. The van der Waals surface area contributed by atoms with E-state index in [1.807, 2.05) is 37.4 Å². The van der Waals surface area contributed by atoms with E-state index in [9.17, 15) is 0 Å². The summed E-state index contributed by atoms with van der Waals surface area (Å²) in [5, 5.41) is 8.09. The van der Waals surface area contributed by atoms with Crippen LogP contribution in [0.5, 0.6) is 0 Å². The molecular weight excluding hydrogens is 272 g/mol. The minimum absolute atomic E-state index is 0.0228. The average Bonchev–Trinajstić information content (AvgIpc) is 2.46. The summed E-state index contributed by atoms with van der Waals surface area (Å²) in [5.41, 5.74) is 7.17. The number of benzene rings is 1. The lowest BCUT2D eigenvalue weighted by Crippen LogP contribution is -2.23. The van der Waals surface area contributed by atoms with Crippen LogP contribution in [0.25, 0.3) is 0 Å². The van der Waals surface area contributed by atoms with Crippen LogP contribution in [0.15, 0.2) is 42.6 Å². The number of pyridine rings is 1. The quantitative estimate of drug-likeness (QED) is 0.670. The van der Waals surface area contributed by atoms with E-state index in [0.717, 1.165) is 16.4 Å². The van der Waals surface area contributed by atoms with Gasteiger partial charge in [0.25, 0.3) is 0 Å². The molecule has 4 nitrogen and oxygen atoms in total. The average molecular weight is 289 g/mol. The summed E-state index contributed by atoms with van der Waals surface area (Å²) >= 11 is 6.02. The molecule has 0 fully saturated rings. The van der Waals surface area contributed by atoms with E-state index in [4.69, 9.17) is 22.7 Å². The molecule has 0 spiro atoms. The van der Waals surface area contributed by atoms with Crippen molar-refractivity contribution >= 4 is 23.3 Å². The minimum atomic E-state index is 0.0228. The number of aromatic nitrogens is 1. The Hall–Kier alpha value is -2.07. The number of halogens is 1. The molecule has 0 aliphatic carbocycles. The van der Waals surface area contributed by atoms with Gasteiger partial charge in [0.1, 0.15) is 11.7 Å². The summed E-state index contributed by atoms with van der Waals surface area (Å²) in [6.07, 6.45) is 1.61. The predicted molar refractivity (Wildman–Crippen MR) is 83.5 cm³/mol. The maximum Gasteiger partial charge on any atom is 0.128 e. The van der Waals surface area contributed by atoms with Gasteiger partial charge in [-0.15, -0.1) is 0 Å². The van der Waals surface area contributed by atoms with Crippen molar-refractivity contribution < 1.29 is 0 Å². The smallest absolute Gasteiger partial charge is 0.128 e. The third-order valence-corrected chi connectivity index (χ3v) is 3.57. The highest BCUT2D eigenvalue weighted by molar-refractivity contribution is 6.30. The first-order valence-corrected chi connectivity index (χ1v) is 6.65. The zero-order valence-electron chi connectivity index (χ0n) is 11.5. The molecule has 1 aromatic heterocycles. The molecule has 1 heterocycles. The van der Waals surface area contributed by atoms with E-state index < -0.39 is 0 Å². The van der Waals surface area contributed by atoms with Gasteiger partial charge in [0, 0.05) is 23.8 Å². The van der Waals surface area contributed by atoms with Crippen LogP contribution in [0.3, 0.4) is 0 Å². The SMILES string of the molecule is CC(c1cccc(Cl)c1)N(C)c1ccc(C(=N)N)cn1. The topological polar surface area (TPSA) is 66.0 Å². The molecule has 0 saturated carbocycles. The Labute approximate surface area is 123 Å². The number of amidine groups is 1. The van der Waals surface area contributed by atoms with Gasteiger partial charge in [0.2, 0.25) is 0 Å². The fraction of sp³-hybridized carbons (Fsp3) is 0.200. The van der Waals surface area contributed by atoms with Crippen molar-refractivity contribution in [1.82, 2.24) is 4.98 Å². The second-order valence-corrected chi connectivity index (χ2v) is 5.10. The number of rotatable bonds is 4. The summed E-state index contributed by atoms with van der Waals surface area (Å²) in [6.45, 7) is 2.09. The zero-order chi connectivity index (χ0) is 14.7. The van der Waals surface area contributed by atoms with Gasteiger partial charge in [0.15, 0.2) is 0 Å². The Kier molecular flexibility index (Phi) is 4.25. The lowest BCUT2D eigenvalue weighted by molar-refractivity contribution is 0.729. The van der Waals surface area contributed by atoms with Crippen molar-refractivity contribution in [3.05, 3.63) is 58.7 Å². The maximum absolute atomic E-state index is 7.37. The van der Waals surface area contributed by atoms with Crippen LogP contribution in [0.2, 0.25) is 5.02 Å².